The standard InChI is InChI=1S/C23H28N6O3/c1-23(2,3)32-22(30)28-13-15-9-16(28)12-27(15)19-10-14(11-25-21(19)31-4)29-18-8-6-5-7-17(18)20(24)26-29/h5-8,10-11,15-16H,9,12-13H2,1-4H3,(H2,24,26)/t15-,16-/m0/s1. The van der Waals surface area contributed by atoms with Gasteiger partial charge in [-0.3, -0.25) is 0 Å². The number of carbonyl (C=O) groups excluding carboxylic acids is 1. The Kier molecular flexibility index (Phi) is 4.65. The first-order chi connectivity index (χ1) is 15.2. The number of amides is 1. The molecule has 5 rings (SSSR count). The third kappa shape index (κ3) is 3.37. The Labute approximate surface area is 186 Å². The summed E-state index contributed by atoms with van der Waals surface area (Å²) in [7, 11) is 1.62. The molecular weight excluding hydrogens is 408 g/mol. The maximum Gasteiger partial charge on any atom is 0.410 e. The van der Waals surface area contributed by atoms with E-state index in [0.29, 0.717) is 24.8 Å². The zero-order valence-corrected chi connectivity index (χ0v) is 18.8. The van der Waals surface area contributed by atoms with Crippen molar-refractivity contribution in [3.05, 3.63) is 36.5 Å². The number of likely N-dealkylation sites (tertiary alicyclic amines) is 1. The van der Waals surface area contributed by atoms with Crippen LogP contribution < -0.4 is 15.4 Å². The van der Waals surface area contributed by atoms with Crippen LogP contribution in [0.4, 0.5) is 16.3 Å². The lowest BCUT2D eigenvalue weighted by Gasteiger charge is -2.36. The second-order valence-electron chi connectivity index (χ2n) is 9.36. The summed E-state index contributed by atoms with van der Waals surface area (Å²) in [6.07, 6.45) is 2.38. The number of aromatic nitrogens is 3. The van der Waals surface area contributed by atoms with E-state index in [1.54, 1.807) is 13.3 Å². The summed E-state index contributed by atoms with van der Waals surface area (Å²) in [5, 5.41) is 5.43. The van der Waals surface area contributed by atoms with Crippen molar-refractivity contribution in [2.24, 2.45) is 0 Å². The van der Waals surface area contributed by atoms with Gasteiger partial charge in [0.05, 0.1) is 30.6 Å². The molecule has 32 heavy (non-hydrogen) atoms. The van der Waals surface area contributed by atoms with Crippen LogP contribution in [0.3, 0.4) is 0 Å². The number of anilines is 2. The van der Waals surface area contributed by atoms with E-state index < -0.39 is 5.60 Å². The van der Waals surface area contributed by atoms with E-state index in [2.05, 4.69) is 15.0 Å². The van der Waals surface area contributed by atoms with Crippen molar-refractivity contribution in [3.8, 4) is 11.6 Å². The SMILES string of the molecule is COc1ncc(-n2nc(N)c3ccccc32)cc1N1C[C@@H]2C[C@H]1CN2C(=O)OC(C)(C)C. The Balaban J connectivity index is 1.45. The van der Waals surface area contributed by atoms with E-state index >= 15 is 0 Å². The maximum absolute atomic E-state index is 12.6. The van der Waals surface area contributed by atoms with Gasteiger partial charge in [0.15, 0.2) is 5.82 Å². The molecule has 0 unspecified atom stereocenters. The number of para-hydroxylation sites is 1. The lowest BCUT2D eigenvalue weighted by Crippen LogP contribution is -2.50. The van der Waals surface area contributed by atoms with Crippen molar-refractivity contribution in [3.63, 3.8) is 0 Å². The number of piperazine rings is 1. The van der Waals surface area contributed by atoms with E-state index in [1.165, 1.54) is 0 Å². The van der Waals surface area contributed by atoms with Gasteiger partial charge in [-0.15, -0.1) is 5.10 Å². The smallest absolute Gasteiger partial charge is 0.410 e. The minimum atomic E-state index is -0.505. The third-order valence-electron chi connectivity index (χ3n) is 6.05. The summed E-state index contributed by atoms with van der Waals surface area (Å²) in [4.78, 5) is 21.3. The molecule has 168 valence electrons. The highest BCUT2D eigenvalue weighted by Crippen LogP contribution is 2.39. The second kappa shape index (κ2) is 7.29. The van der Waals surface area contributed by atoms with E-state index in [9.17, 15) is 4.79 Å². The number of hydrogen-bond donors (Lipinski definition) is 1. The molecule has 2 saturated heterocycles. The maximum atomic E-state index is 12.6. The molecule has 2 aromatic heterocycles. The Morgan fingerprint density at radius 1 is 1.19 bits per heavy atom. The van der Waals surface area contributed by atoms with Gasteiger partial charge in [-0.25, -0.2) is 14.5 Å². The Hall–Kier alpha value is -3.49. The van der Waals surface area contributed by atoms with Gasteiger partial charge < -0.3 is 25.0 Å². The number of pyridine rings is 1. The molecular formula is C23H28N6O3. The highest BCUT2D eigenvalue weighted by atomic mass is 16.6. The van der Waals surface area contributed by atoms with Crippen LogP contribution in [0.15, 0.2) is 36.5 Å². The molecule has 2 aliphatic rings. The molecule has 0 aliphatic carbocycles. The molecule has 9 heteroatoms. The zero-order chi connectivity index (χ0) is 22.6. The molecule has 0 radical (unpaired) electrons. The van der Waals surface area contributed by atoms with Crippen molar-refractivity contribution in [2.75, 3.05) is 30.8 Å². The van der Waals surface area contributed by atoms with Crippen molar-refractivity contribution in [1.82, 2.24) is 19.7 Å². The van der Waals surface area contributed by atoms with Crippen LogP contribution in [0.25, 0.3) is 16.6 Å². The number of carbonyl (C=O) groups is 1. The first kappa shape index (κ1) is 20.4. The van der Waals surface area contributed by atoms with Crippen molar-refractivity contribution in [1.29, 1.82) is 0 Å². The molecule has 3 aromatic rings. The molecule has 2 fully saturated rings. The lowest BCUT2D eigenvalue weighted by atomic mass is 10.2. The first-order valence-corrected chi connectivity index (χ1v) is 10.8. The summed E-state index contributed by atoms with van der Waals surface area (Å²) in [5.74, 6) is 1.03. The predicted octanol–water partition coefficient (Wildman–Crippen LogP) is 3.21. The zero-order valence-electron chi connectivity index (χ0n) is 18.8. The van der Waals surface area contributed by atoms with Crippen LogP contribution in [0, 0.1) is 0 Å². The summed E-state index contributed by atoms with van der Waals surface area (Å²) in [5.41, 5.74) is 8.24. The summed E-state index contributed by atoms with van der Waals surface area (Å²) >= 11 is 0. The molecule has 2 atom stereocenters. The quantitative estimate of drug-likeness (QED) is 0.673. The van der Waals surface area contributed by atoms with Gasteiger partial charge in [0.2, 0.25) is 5.88 Å². The largest absolute Gasteiger partial charge is 0.480 e. The van der Waals surface area contributed by atoms with Gasteiger partial charge in [0.25, 0.3) is 0 Å². The van der Waals surface area contributed by atoms with Crippen LogP contribution in [0.5, 0.6) is 5.88 Å². The van der Waals surface area contributed by atoms with E-state index in [-0.39, 0.29) is 18.2 Å². The van der Waals surface area contributed by atoms with Crippen molar-refractivity contribution < 1.29 is 14.3 Å². The average molecular weight is 437 g/mol. The van der Waals surface area contributed by atoms with E-state index in [0.717, 1.165) is 28.7 Å². The fraction of sp³-hybridized carbons (Fsp3) is 0.435. The van der Waals surface area contributed by atoms with Crippen LogP contribution in [0.1, 0.15) is 27.2 Å². The molecule has 1 aromatic carbocycles. The second-order valence-corrected chi connectivity index (χ2v) is 9.36. The summed E-state index contributed by atoms with van der Waals surface area (Å²) < 4.78 is 13.0. The molecule has 2 bridgehead atoms. The summed E-state index contributed by atoms with van der Waals surface area (Å²) in [6, 6.07) is 10.2. The Bertz CT molecular complexity index is 1180. The molecule has 2 aliphatic heterocycles. The highest BCUT2D eigenvalue weighted by molar-refractivity contribution is 5.90. The predicted molar refractivity (Wildman–Crippen MR) is 122 cm³/mol. The fourth-order valence-corrected chi connectivity index (χ4v) is 4.70. The minimum absolute atomic E-state index is 0.101. The number of nitrogens with two attached hydrogens (primary N) is 1. The molecule has 2 N–H and O–H groups in total. The normalized spacial score (nSPS) is 20.2. The average Bonchev–Trinajstić information content (AvgIpc) is 3.45. The van der Waals surface area contributed by atoms with Gasteiger partial charge in [-0.1, -0.05) is 12.1 Å². The number of nitrogen functional groups attached to an aromatic ring is 1. The van der Waals surface area contributed by atoms with Gasteiger partial charge in [-0.2, -0.15) is 0 Å². The van der Waals surface area contributed by atoms with Crippen LogP contribution in [-0.4, -0.2) is 63.6 Å². The first-order valence-electron chi connectivity index (χ1n) is 10.8. The van der Waals surface area contributed by atoms with Gasteiger partial charge in [-0.05, 0) is 45.4 Å². The molecule has 0 saturated carbocycles. The van der Waals surface area contributed by atoms with Crippen LogP contribution in [-0.2, 0) is 4.74 Å². The molecule has 9 nitrogen and oxygen atoms in total. The van der Waals surface area contributed by atoms with E-state index in [1.807, 2.05) is 60.7 Å². The number of fused-ring (bicyclic) bond motifs is 3. The monoisotopic (exact) mass is 436 g/mol. The lowest BCUT2D eigenvalue weighted by molar-refractivity contribution is 0.0214. The number of benzene rings is 1. The van der Waals surface area contributed by atoms with Crippen molar-refractivity contribution >= 4 is 28.5 Å². The number of methoxy groups -OCH3 is 1. The topological polar surface area (TPSA) is 98.7 Å². The van der Waals surface area contributed by atoms with Crippen molar-refractivity contribution in [2.45, 2.75) is 44.9 Å². The van der Waals surface area contributed by atoms with E-state index in [4.69, 9.17) is 15.2 Å². The summed E-state index contributed by atoms with van der Waals surface area (Å²) in [6.45, 7) is 6.98. The highest BCUT2D eigenvalue weighted by Gasteiger charge is 2.47. The Morgan fingerprint density at radius 2 is 1.97 bits per heavy atom. The Morgan fingerprint density at radius 3 is 2.66 bits per heavy atom. The fourth-order valence-electron chi connectivity index (χ4n) is 4.70. The third-order valence-corrected chi connectivity index (χ3v) is 6.05. The van der Waals surface area contributed by atoms with Gasteiger partial charge >= 0.3 is 6.09 Å². The number of ether oxygens (including phenoxy) is 2. The molecule has 0 spiro atoms. The number of nitrogens with zero attached hydrogens (tertiary/aromatic N) is 5. The minimum Gasteiger partial charge on any atom is -0.480 e. The number of hydrogen-bond acceptors (Lipinski definition) is 7. The number of rotatable bonds is 3. The van der Waals surface area contributed by atoms with Gasteiger partial charge in [0.1, 0.15) is 11.3 Å². The van der Waals surface area contributed by atoms with Gasteiger partial charge in [0, 0.05) is 24.5 Å². The van der Waals surface area contributed by atoms with Crippen LogP contribution >= 0.6 is 0 Å². The molecule has 1 amide bonds. The molecule has 4 heterocycles. The van der Waals surface area contributed by atoms with Crippen LogP contribution in [0.2, 0.25) is 0 Å².